The molecular weight excluding hydrogens is 701 g/mol. The average molecular weight is 760 g/mol. The summed E-state index contributed by atoms with van der Waals surface area (Å²) in [5, 5.41) is 3.06. The molecule has 6 aromatic rings. The van der Waals surface area contributed by atoms with Crippen molar-refractivity contribution < 1.29 is 0 Å². The summed E-state index contributed by atoms with van der Waals surface area (Å²) in [4.78, 5) is 2.54. The summed E-state index contributed by atoms with van der Waals surface area (Å²) in [6.45, 7) is 19.0. The second kappa shape index (κ2) is 13.2. The van der Waals surface area contributed by atoms with E-state index >= 15 is 0 Å². The van der Waals surface area contributed by atoms with Crippen molar-refractivity contribution in [3.63, 3.8) is 0 Å². The van der Waals surface area contributed by atoms with Gasteiger partial charge in [-0.3, -0.25) is 0 Å². The third-order valence-electron chi connectivity index (χ3n) is 15.3. The molecule has 5 aliphatic rings. The van der Waals surface area contributed by atoms with E-state index in [1.807, 2.05) is 0 Å². The number of hydrogen-bond acceptors (Lipinski definition) is 1. The summed E-state index contributed by atoms with van der Waals surface area (Å²) in [5.41, 5.74) is 20.3. The third kappa shape index (κ3) is 5.77. The molecule has 286 valence electrons. The van der Waals surface area contributed by atoms with Gasteiger partial charge in [-0.1, -0.05) is 160 Å². The molecule has 4 bridgehead atoms. The van der Waals surface area contributed by atoms with E-state index in [0.717, 1.165) is 11.8 Å². The molecule has 1 nitrogen and oxygen atoms in total. The predicted octanol–water partition coefficient (Wildman–Crippen LogP) is 10.4. The van der Waals surface area contributed by atoms with Gasteiger partial charge in [-0.2, -0.15) is 0 Å². The molecule has 4 aliphatic carbocycles. The predicted molar refractivity (Wildman–Crippen MR) is 248 cm³/mol. The molecule has 0 N–H and O–H groups in total. The molecule has 3 heteroatoms. The molecule has 4 fully saturated rings. The minimum Gasteiger partial charge on any atom is -0.311 e. The van der Waals surface area contributed by atoms with E-state index in [9.17, 15) is 0 Å². The maximum atomic E-state index is 2.57. The highest BCUT2D eigenvalue weighted by atomic mass is 28.3. The van der Waals surface area contributed by atoms with Gasteiger partial charge in [-0.05, 0) is 148 Å². The lowest BCUT2D eigenvalue weighted by atomic mass is 9.34. The van der Waals surface area contributed by atoms with Gasteiger partial charge in [0.1, 0.15) is 8.07 Å². The van der Waals surface area contributed by atoms with Gasteiger partial charge in [0.2, 0.25) is 6.71 Å². The van der Waals surface area contributed by atoms with E-state index in [1.165, 1.54) is 116 Å². The molecule has 2 unspecified atom stereocenters. The summed E-state index contributed by atoms with van der Waals surface area (Å²) < 4.78 is 0. The zero-order chi connectivity index (χ0) is 39.4. The van der Waals surface area contributed by atoms with Crippen LogP contribution in [0.3, 0.4) is 0 Å². The first-order valence-corrected chi connectivity index (χ1v) is 24.7. The normalized spacial score (nSPS) is 24.0. The summed E-state index contributed by atoms with van der Waals surface area (Å²) in [6, 6.07) is 48.1. The van der Waals surface area contributed by atoms with Crippen molar-refractivity contribution in [3.8, 4) is 0 Å². The Kier molecular flexibility index (Phi) is 8.51. The topological polar surface area (TPSA) is 3.24 Å². The van der Waals surface area contributed by atoms with Gasteiger partial charge < -0.3 is 4.90 Å². The smallest absolute Gasteiger partial charge is 0.242 e. The fraction of sp³-hybridized carbons (Fsp3) is 0.333. The maximum Gasteiger partial charge on any atom is 0.242 e. The van der Waals surface area contributed by atoms with Crippen LogP contribution in [-0.4, -0.2) is 14.8 Å². The van der Waals surface area contributed by atoms with Crippen LogP contribution in [0.25, 0.3) is 0 Å². The summed E-state index contributed by atoms with van der Waals surface area (Å²) in [5.74, 6) is 1.62. The Morgan fingerprint density at radius 3 is 1.37 bits per heavy atom. The zero-order valence-electron chi connectivity index (χ0n) is 35.5. The lowest BCUT2D eigenvalue weighted by molar-refractivity contribution is -0.0281. The molecule has 11 rings (SSSR count). The van der Waals surface area contributed by atoms with Crippen molar-refractivity contribution in [1.82, 2.24) is 0 Å². The average Bonchev–Trinajstić information content (AvgIpc) is 3.17. The van der Waals surface area contributed by atoms with Gasteiger partial charge in [-0.25, -0.2) is 0 Å². The van der Waals surface area contributed by atoms with Gasteiger partial charge in [0, 0.05) is 17.1 Å². The first kappa shape index (κ1) is 36.7. The molecule has 1 heterocycles. The first-order chi connectivity index (χ1) is 27.4. The van der Waals surface area contributed by atoms with Crippen molar-refractivity contribution in [2.45, 2.75) is 104 Å². The van der Waals surface area contributed by atoms with Crippen LogP contribution in [0.1, 0.15) is 83.0 Å². The van der Waals surface area contributed by atoms with Crippen LogP contribution in [0.5, 0.6) is 0 Å². The van der Waals surface area contributed by atoms with Crippen molar-refractivity contribution >= 4 is 58.6 Å². The van der Waals surface area contributed by atoms with Crippen LogP contribution in [0.15, 0.2) is 121 Å². The van der Waals surface area contributed by atoms with Crippen LogP contribution < -0.4 is 31.7 Å². The lowest BCUT2D eigenvalue weighted by Gasteiger charge is -2.63. The third-order valence-corrected chi connectivity index (χ3v) is 18.9. The Bertz CT molecular complexity index is 2380. The van der Waals surface area contributed by atoms with E-state index in [2.05, 4.69) is 181 Å². The SMILES string of the molecule is Cc1cc(C)c(B(c2ccc(C34CC5CC(C3)CC(c3ccc(N6c7ccccc7[Si](C)(C)c7ccccc76)cc3)(C5)C4)cc2)c2c(C)cc(C)cc2C)c(C)c1. The Balaban J connectivity index is 1.01. The number of nitrogens with zero attached hydrogens (tertiary/aromatic N) is 1. The Morgan fingerprint density at radius 2 is 0.930 bits per heavy atom. The van der Waals surface area contributed by atoms with Crippen molar-refractivity contribution in [1.29, 1.82) is 0 Å². The zero-order valence-corrected chi connectivity index (χ0v) is 36.5. The summed E-state index contributed by atoms with van der Waals surface area (Å²) >= 11 is 0. The van der Waals surface area contributed by atoms with E-state index < -0.39 is 8.07 Å². The number of anilines is 3. The summed E-state index contributed by atoms with van der Waals surface area (Å²) in [6.07, 6.45) is 8.08. The Labute approximate surface area is 343 Å². The number of fused-ring (bicyclic) bond motifs is 2. The number of rotatable bonds is 6. The molecule has 0 radical (unpaired) electrons. The molecule has 4 saturated carbocycles. The van der Waals surface area contributed by atoms with E-state index in [1.54, 1.807) is 11.1 Å². The number of para-hydroxylation sites is 2. The number of benzene rings is 6. The lowest BCUT2D eigenvalue weighted by Crippen LogP contribution is -2.58. The van der Waals surface area contributed by atoms with E-state index in [-0.39, 0.29) is 17.5 Å². The molecule has 0 spiro atoms. The highest BCUT2D eigenvalue weighted by molar-refractivity contribution is 7.02. The summed E-state index contributed by atoms with van der Waals surface area (Å²) in [7, 11) is -1.81. The fourth-order valence-electron chi connectivity index (χ4n) is 13.6. The van der Waals surface area contributed by atoms with Gasteiger partial charge in [0.25, 0.3) is 0 Å². The van der Waals surface area contributed by atoms with Crippen LogP contribution >= 0.6 is 0 Å². The standard InChI is InChI=1S/C54H58BNSi/c1-35-25-37(3)51(38(4)26-35)55(52-39(5)27-36(2)28-40(52)6)45-21-17-43(18-22-45)53-30-41-29-42(31-53)33-54(32-41,34-53)44-19-23-46(24-20-44)56-47-13-9-11-15-49(47)57(7,8)50-16-12-10-14-48(50)56/h9-28,41-42H,29-34H2,1-8H3. The largest absolute Gasteiger partial charge is 0.311 e. The van der Waals surface area contributed by atoms with Crippen LogP contribution in [0, 0.1) is 53.4 Å². The first-order valence-electron chi connectivity index (χ1n) is 21.7. The molecule has 2 atom stereocenters. The van der Waals surface area contributed by atoms with Gasteiger partial charge in [0.05, 0.1) is 0 Å². The monoisotopic (exact) mass is 759 g/mol. The number of aryl methyl sites for hydroxylation is 6. The highest BCUT2D eigenvalue weighted by Crippen LogP contribution is 2.66. The van der Waals surface area contributed by atoms with Crippen LogP contribution in [-0.2, 0) is 10.8 Å². The second-order valence-corrected chi connectivity index (χ2v) is 24.1. The minimum absolute atomic E-state index is 0.216. The van der Waals surface area contributed by atoms with Crippen molar-refractivity contribution in [2.24, 2.45) is 11.8 Å². The molecule has 6 aromatic carbocycles. The second-order valence-electron chi connectivity index (χ2n) is 19.7. The molecule has 57 heavy (non-hydrogen) atoms. The van der Waals surface area contributed by atoms with Crippen molar-refractivity contribution in [3.05, 3.63) is 166 Å². The molecule has 1 aliphatic heterocycles. The van der Waals surface area contributed by atoms with E-state index in [4.69, 9.17) is 0 Å². The maximum absolute atomic E-state index is 2.57. The fourth-order valence-corrected chi connectivity index (χ4v) is 16.6. The van der Waals surface area contributed by atoms with E-state index in [0.29, 0.717) is 0 Å². The van der Waals surface area contributed by atoms with Crippen molar-refractivity contribution in [2.75, 3.05) is 4.90 Å². The minimum atomic E-state index is -1.81. The number of hydrogen-bond donors (Lipinski definition) is 0. The van der Waals surface area contributed by atoms with Crippen LogP contribution in [0.4, 0.5) is 17.1 Å². The molecule has 0 amide bonds. The quantitative estimate of drug-likeness (QED) is 0.153. The molecule has 0 aromatic heterocycles. The van der Waals surface area contributed by atoms with Gasteiger partial charge in [-0.15, -0.1) is 0 Å². The molecular formula is C54H58BNSi. The van der Waals surface area contributed by atoms with Gasteiger partial charge in [0.15, 0.2) is 0 Å². The Morgan fingerprint density at radius 1 is 0.526 bits per heavy atom. The highest BCUT2D eigenvalue weighted by Gasteiger charge is 2.58. The van der Waals surface area contributed by atoms with Crippen LogP contribution in [0.2, 0.25) is 13.1 Å². The van der Waals surface area contributed by atoms with Gasteiger partial charge >= 0.3 is 0 Å². The molecule has 0 saturated heterocycles. The Hall–Kier alpha value is -4.60.